The van der Waals surface area contributed by atoms with Gasteiger partial charge >= 0.3 is 0 Å². The van der Waals surface area contributed by atoms with Crippen molar-refractivity contribution in [3.05, 3.63) is 23.8 Å². The third kappa shape index (κ3) is 2.85. The number of benzene rings is 1. The minimum Gasteiger partial charge on any atom is -0.497 e. The van der Waals surface area contributed by atoms with Crippen LogP contribution >= 0.6 is 0 Å². The lowest BCUT2D eigenvalue weighted by molar-refractivity contribution is 0.0365. The maximum absolute atomic E-state index is 11.5. The van der Waals surface area contributed by atoms with E-state index in [1.54, 1.807) is 25.1 Å². The third-order valence-electron chi connectivity index (χ3n) is 1.81. The number of hydroxylamine groups is 1. The molecule has 0 atom stereocenters. The molecule has 5 nitrogen and oxygen atoms in total. The molecule has 5 heteroatoms. The number of amides is 1. The Kier molecular flexibility index (Phi) is 3.93. The molecule has 0 unspecified atom stereocenters. The lowest BCUT2D eigenvalue weighted by atomic mass is 10.1. The zero-order chi connectivity index (χ0) is 11.3. The van der Waals surface area contributed by atoms with Gasteiger partial charge in [-0.1, -0.05) is 0 Å². The summed E-state index contributed by atoms with van der Waals surface area (Å²) >= 11 is 0. The van der Waals surface area contributed by atoms with Crippen molar-refractivity contribution in [3.8, 4) is 5.75 Å². The number of nitrogen functional groups attached to an aromatic ring is 1. The molecule has 0 bridgehead atoms. The van der Waals surface area contributed by atoms with Gasteiger partial charge in [0, 0.05) is 11.8 Å². The first-order chi connectivity index (χ1) is 7.19. The molecule has 1 aromatic carbocycles. The molecule has 15 heavy (non-hydrogen) atoms. The SMILES string of the molecule is CCONC(=O)c1ccc(OC)cc1N. The van der Waals surface area contributed by atoms with Crippen LogP contribution in [-0.4, -0.2) is 19.6 Å². The Hall–Kier alpha value is -1.75. The number of methoxy groups -OCH3 is 1. The molecule has 0 aliphatic rings. The molecule has 0 saturated heterocycles. The molecular formula is C10H14N2O3. The Morgan fingerprint density at radius 3 is 2.80 bits per heavy atom. The van der Waals surface area contributed by atoms with Crippen molar-refractivity contribution in [1.82, 2.24) is 5.48 Å². The Labute approximate surface area is 88.1 Å². The van der Waals surface area contributed by atoms with Gasteiger partial charge in [-0.05, 0) is 19.1 Å². The van der Waals surface area contributed by atoms with E-state index < -0.39 is 0 Å². The fourth-order valence-electron chi connectivity index (χ4n) is 1.07. The molecule has 1 aromatic rings. The second kappa shape index (κ2) is 5.21. The van der Waals surface area contributed by atoms with Crippen LogP contribution in [0.2, 0.25) is 0 Å². The zero-order valence-electron chi connectivity index (χ0n) is 8.74. The van der Waals surface area contributed by atoms with Crippen LogP contribution in [0.5, 0.6) is 5.75 Å². The molecule has 0 aromatic heterocycles. The minimum atomic E-state index is -0.364. The predicted octanol–water partition coefficient (Wildman–Crippen LogP) is 0.959. The van der Waals surface area contributed by atoms with Gasteiger partial charge in [-0.25, -0.2) is 5.48 Å². The highest BCUT2D eigenvalue weighted by Crippen LogP contribution is 2.19. The van der Waals surface area contributed by atoms with Crippen molar-refractivity contribution in [3.63, 3.8) is 0 Å². The Balaban J connectivity index is 2.81. The van der Waals surface area contributed by atoms with Crippen LogP contribution in [0.15, 0.2) is 18.2 Å². The van der Waals surface area contributed by atoms with Crippen molar-refractivity contribution < 1.29 is 14.4 Å². The molecule has 0 fully saturated rings. The van der Waals surface area contributed by atoms with Gasteiger partial charge in [0.1, 0.15) is 5.75 Å². The minimum absolute atomic E-state index is 0.353. The lowest BCUT2D eigenvalue weighted by Crippen LogP contribution is -2.24. The zero-order valence-corrected chi connectivity index (χ0v) is 8.74. The molecule has 82 valence electrons. The second-order valence-corrected chi connectivity index (χ2v) is 2.82. The molecule has 0 aliphatic heterocycles. The van der Waals surface area contributed by atoms with Gasteiger partial charge in [0.2, 0.25) is 0 Å². The second-order valence-electron chi connectivity index (χ2n) is 2.82. The normalized spacial score (nSPS) is 9.73. The van der Waals surface area contributed by atoms with Crippen LogP contribution in [-0.2, 0) is 4.84 Å². The summed E-state index contributed by atoms with van der Waals surface area (Å²) in [7, 11) is 1.54. The third-order valence-corrected chi connectivity index (χ3v) is 1.81. The highest BCUT2D eigenvalue weighted by atomic mass is 16.6. The monoisotopic (exact) mass is 210 g/mol. The number of nitrogens with one attached hydrogen (secondary N) is 1. The number of hydrogen-bond donors (Lipinski definition) is 2. The van der Waals surface area contributed by atoms with Crippen LogP contribution in [0.4, 0.5) is 5.69 Å². The first-order valence-corrected chi connectivity index (χ1v) is 4.54. The highest BCUT2D eigenvalue weighted by Gasteiger charge is 2.09. The van der Waals surface area contributed by atoms with Gasteiger partial charge in [0.15, 0.2) is 0 Å². The van der Waals surface area contributed by atoms with Gasteiger partial charge in [-0.15, -0.1) is 0 Å². The Morgan fingerprint density at radius 2 is 2.27 bits per heavy atom. The summed E-state index contributed by atoms with van der Waals surface area (Å²) in [5.41, 5.74) is 8.66. The fourth-order valence-corrected chi connectivity index (χ4v) is 1.07. The van der Waals surface area contributed by atoms with Gasteiger partial charge in [0.25, 0.3) is 5.91 Å². The number of hydrogen-bond acceptors (Lipinski definition) is 4. The number of carbonyl (C=O) groups excluding carboxylic acids is 1. The number of anilines is 1. The van der Waals surface area contributed by atoms with E-state index in [0.29, 0.717) is 23.6 Å². The van der Waals surface area contributed by atoms with E-state index in [1.165, 1.54) is 7.11 Å². The van der Waals surface area contributed by atoms with Crippen LogP contribution in [0, 0.1) is 0 Å². The van der Waals surface area contributed by atoms with E-state index in [1.807, 2.05) is 0 Å². The van der Waals surface area contributed by atoms with Crippen LogP contribution in [0.1, 0.15) is 17.3 Å². The Morgan fingerprint density at radius 1 is 1.53 bits per heavy atom. The van der Waals surface area contributed by atoms with Gasteiger partial charge in [0.05, 0.1) is 19.3 Å². The fraction of sp³-hybridized carbons (Fsp3) is 0.300. The summed E-state index contributed by atoms with van der Waals surface area (Å²) in [6, 6.07) is 4.83. The molecule has 0 radical (unpaired) electrons. The number of carbonyl (C=O) groups is 1. The molecule has 3 N–H and O–H groups in total. The molecule has 1 amide bonds. The van der Waals surface area contributed by atoms with Crippen LogP contribution in [0.25, 0.3) is 0 Å². The standard InChI is InChI=1S/C10H14N2O3/c1-3-15-12-10(13)8-5-4-7(14-2)6-9(8)11/h4-6H,3,11H2,1-2H3,(H,12,13). The number of nitrogens with two attached hydrogens (primary N) is 1. The molecule has 0 aliphatic carbocycles. The molecule has 0 spiro atoms. The van der Waals surface area contributed by atoms with E-state index in [2.05, 4.69) is 5.48 Å². The van der Waals surface area contributed by atoms with E-state index in [9.17, 15) is 4.79 Å². The summed E-state index contributed by atoms with van der Waals surface area (Å²) in [6.45, 7) is 2.18. The molecule has 1 rings (SSSR count). The van der Waals surface area contributed by atoms with Crippen LogP contribution < -0.4 is 16.0 Å². The topological polar surface area (TPSA) is 73.6 Å². The maximum atomic E-state index is 11.5. The first kappa shape index (κ1) is 11.3. The average molecular weight is 210 g/mol. The lowest BCUT2D eigenvalue weighted by Gasteiger charge is -2.07. The molecule has 0 saturated carbocycles. The smallest absolute Gasteiger partial charge is 0.276 e. The van der Waals surface area contributed by atoms with Gasteiger partial charge in [-0.2, -0.15) is 0 Å². The van der Waals surface area contributed by atoms with E-state index in [4.69, 9.17) is 15.3 Å². The quantitative estimate of drug-likeness (QED) is 0.573. The number of ether oxygens (including phenoxy) is 1. The summed E-state index contributed by atoms with van der Waals surface area (Å²) in [4.78, 5) is 16.2. The largest absolute Gasteiger partial charge is 0.497 e. The Bertz CT molecular complexity index is 353. The molecular weight excluding hydrogens is 196 g/mol. The number of rotatable bonds is 4. The van der Waals surface area contributed by atoms with Crippen molar-refractivity contribution in [1.29, 1.82) is 0 Å². The van der Waals surface area contributed by atoms with Gasteiger partial charge < -0.3 is 10.5 Å². The average Bonchev–Trinajstić information content (AvgIpc) is 2.25. The highest BCUT2D eigenvalue weighted by molar-refractivity contribution is 5.98. The first-order valence-electron chi connectivity index (χ1n) is 4.54. The van der Waals surface area contributed by atoms with E-state index in [0.717, 1.165) is 0 Å². The summed E-state index contributed by atoms with van der Waals surface area (Å²) in [5.74, 6) is 0.248. The molecule has 0 heterocycles. The summed E-state index contributed by atoms with van der Waals surface area (Å²) in [6.07, 6.45) is 0. The summed E-state index contributed by atoms with van der Waals surface area (Å²) < 4.78 is 4.97. The van der Waals surface area contributed by atoms with Crippen molar-refractivity contribution in [2.24, 2.45) is 0 Å². The van der Waals surface area contributed by atoms with Gasteiger partial charge in [-0.3, -0.25) is 9.63 Å². The summed E-state index contributed by atoms with van der Waals surface area (Å²) in [5, 5.41) is 0. The van der Waals surface area contributed by atoms with E-state index >= 15 is 0 Å². The van der Waals surface area contributed by atoms with Crippen molar-refractivity contribution >= 4 is 11.6 Å². The van der Waals surface area contributed by atoms with Crippen molar-refractivity contribution in [2.75, 3.05) is 19.5 Å². The van der Waals surface area contributed by atoms with Crippen LogP contribution in [0.3, 0.4) is 0 Å². The van der Waals surface area contributed by atoms with E-state index in [-0.39, 0.29) is 5.91 Å². The maximum Gasteiger partial charge on any atom is 0.276 e. The van der Waals surface area contributed by atoms with Crippen molar-refractivity contribution in [2.45, 2.75) is 6.92 Å². The predicted molar refractivity (Wildman–Crippen MR) is 56.5 cm³/mol.